The smallest absolute Gasteiger partial charge is 0.379 e. The minimum absolute atomic E-state index is 0.0794. The molecular formula is C30H63BNO8P. The Hall–Kier alpha value is -0.0251. The molecule has 2 radical (unpaired) electrons. The van der Waals surface area contributed by atoms with Crippen LogP contribution in [0.15, 0.2) is 0 Å². The average Bonchev–Trinajstić information content (AvgIpc) is 2.95. The van der Waals surface area contributed by atoms with Gasteiger partial charge in [-0.3, -0.25) is 9.05 Å². The van der Waals surface area contributed by atoms with Crippen molar-refractivity contribution in [3.63, 3.8) is 0 Å². The highest BCUT2D eigenvalue weighted by Crippen LogP contribution is 2.43. The van der Waals surface area contributed by atoms with Crippen LogP contribution in [-0.4, -0.2) is 84.9 Å². The van der Waals surface area contributed by atoms with Crippen molar-refractivity contribution in [1.29, 1.82) is 0 Å². The number of nitrogens with one attached hydrogen (secondary N) is 1. The van der Waals surface area contributed by atoms with Crippen molar-refractivity contribution in [3.8, 4) is 0 Å². The van der Waals surface area contributed by atoms with Gasteiger partial charge in [-0.1, -0.05) is 90.4 Å². The molecule has 3 unspecified atom stereocenters. The van der Waals surface area contributed by atoms with E-state index in [9.17, 15) is 9.46 Å². The molecule has 0 bridgehead atoms. The van der Waals surface area contributed by atoms with Crippen LogP contribution >= 0.6 is 7.82 Å². The van der Waals surface area contributed by atoms with Gasteiger partial charge in [-0.05, 0) is 39.7 Å². The monoisotopic (exact) mass is 607 g/mol. The van der Waals surface area contributed by atoms with E-state index in [0.29, 0.717) is 33.0 Å². The first kappa shape index (κ1) is 41.0. The molecule has 11 heteroatoms. The Balaban J connectivity index is 4.09. The van der Waals surface area contributed by atoms with Gasteiger partial charge in [0.2, 0.25) is 0 Å². The van der Waals surface area contributed by atoms with Crippen LogP contribution in [0.25, 0.3) is 0 Å². The fourth-order valence-corrected chi connectivity index (χ4v) is 5.16. The molecule has 2 N–H and O–H groups in total. The van der Waals surface area contributed by atoms with Crippen molar-refractivity contribution in [2.24, 2.45) is 0 Å². The predicted octanol–water partition coefficient (Wildman–Crippen LogP) is 6.90. The van der Waals surface area contributed by atoms with Crippen molar-refractivity contribution in [3.05, 3.63) is 0 Å². The second-order valence-electron chi connectivity index (χ2n) is 10.6. The third kappa shape index (κ3) is 29.8. The van der Waals surface area contributed by atoms with E-state index >= 15 is 0 Å². The number of unbranched alkanes of at least 4 members (excludes halogenated alkanes) is 14. The molecule has 0 aromatic heterocycles. The Bertz CT molecular complexity index is 573. The molecule has 0 aliphatic heterocycles. The molecule has 0 heterocycles. The minimum Gasteiger partial charge on any atom is -0.379 e. The van der Waals surface area contributed by atoms with Gasteiger partial charge < -0.3 is 29.2 Å². The molecule has 244 valence electrons. The van der Waals surface area contributed by atoms with Crippen LogP contribution in [0, 0.1) is 0 Å². The largest absolute Gasteiger partial charge is 0.472 e. The first-order valence-electron chi connectivity index (χ1n) is 16.4. The number of phosphoric ester groups is 1. The zero-order valence-electron chi connectivity index (χ0n) is 26.7. The van der Waals surface area contributed by atoms with E-state index in [2.05, 4.69) is 12.2 Å². The van der Waals surface area contributed by atoms with Gasteiger partial charge in [0.05, 0.1) is 19.8 Å². The van der Waals surface area contributed by atoms with E-state index < -0.39 is 13.9 Å². The number of phosphoric acid groups is 1. The lowest BCUT2D eigenvalue weighted by Gasteiger charge is -2.20. The molecule has 0 saturated heterocycles. The van der Waals surface area contributed by atoms with Gasteiger partial charge in [0, 0.05) is 32.9 Å². The fraction of sp³-hybridized carbons (Fsp3) is 1.00. The van der Waals surface area contributed by atoms with Crippen LogP contribution in [0.2, 0.25) is 0 Å². The van der Waals surface area contributed by atoms with Crippen molar-refractivity contribution >= 4 is 15.7 Å². The van der Waals surface area contributed by atoms with Crippen LogP contribution in [0.3, 0.4) is 0 Å². The van der Waals surface area contributed by atoms with E-state index in [1.54, 1.807) is 7.05 Å². The molecule has 0 saturated carbocycles. The maximum atomic E-state index is 12.1. The third-order valence-corrected chi connectivity index (χ3v) is 7.78. The summed E-state index contributed by atoms with van der Waals surface area (Å²) in [5.74, 6) is 0. The summed E-state index contributed by atoms with van der Waals surface area (Å²) >= 11 is 0. The molecule has 0 rings (SSSR count). The summed E-state index contributed by atoms with van der Waals surface area (Å²) in [6.45, 7) is 6.73. The Kier molecular flexibility index (Phi) is 31.4. The lowest BCUT2D eigenvalue weighted by molar-refractivity contribution is -0.131. The minimum atomic E-state index is -4.15. The Labute approximate surface area is 253 Å². The molecule has 9 nitrogen and oxygen atoms in total. The quantitative estimate of drug-likeness (QED) is 0.0350. The normalized spacial score (nSPS) is 14.7. The SMILES string of the molecule is [B]COC(CCCCOC(COCCCCCCCCCCCCCCCC)COP(=O)(O)OCCNC)OCC. The molecule has 0 aliphatic rings. The lowest BCUT2D eigenvalue weighted by atomic mass is 10.0. The van der Waals surface area contributed by atoms with Gasteiger partial charge >= 0.3 is 7.82 Å². The number of ether oxygens (including phenoxy) is 4. The van der Waals surface area contributed by atoms with Crippen molar-refractivity contribution < 1.29 is 37.5 Å². The summed E-state index contributed by atoms with van der Waals surface area (Å²) in [5.41, 5.74) is 0. The van der Waals surface area contributed by atoms with Gasteiger partial charge in [0.25, 0.3) is 0 Å². The zero-order valence-corrected chi connectivity index (χ0v) is 27.6. The molecule has 0 aromatic carbocycles. The summed E-state index contributed by atoms with van der Waals surface area (Å²) < 4.78 is 44.9. The van der Waals surface area contributed by atoms with Crippen LogP contribution in [0.5, 0.6) is 0 Å². The number of likely N-dealkylation sites (N-methyl/N-ethyl adjacent to an activating group) is 1. The van der Waals surface area contributed by atoms with Crippen molar-refractivity contribution in [2.45, 2.75) is 135 Å². The highest BCUT2D eigenvalue weighted by Gasteiger charge is 2.23. The summed E-state index contributed by atoms with van der Waals surface area (Å²) in [4.78, 5) is 9.92. The molecule has 0 aliphatic carbocycles. The van der Waals surface area contributed by atoms with Crippen molar-refractivity contribution in [1.82, 2.24) is 5.32 Å². The van der Waals surface area contributed by atoms with Crippen molar-refractivity contribution in [2.75, 3.05) is 59.7 Å². The first-order valence-corrected chi connectivity index (χ1v) is 17.9. The van der Waals surface area contributed by atoms with Crippen LogP contribution in [0.4, 0.5) is 0 Å². The Morgan fingerprint density at radius 2 is 1.29 bits per heavy atom. The molecule has 0 aromatic rings. The zero-order chi connectivity index (χ0) is 30.3. The highest BCUT2D eigenvalue weighted by molar-refractivity contribution is 7.47. The van der Waals surface area contributed by atoms with E-state index in [-0.39, 0.29) is 26.0 Å². The lowest BCUT2D eigenvalue weighted by Crippen LogP contribution is -2.26. The van der Waals surface area contributed by atoms with Gasteiger partial charge in [-0.2, -0.15) is 0 Å². The van der Waals surface area contributed by atoms with Gasteiger partial charge in [-0.15, -0.1) is 0 Å². The molecule has 41 heavy (non-hydrogen) atoms. The van der Waals surface area contributed by atoms with Gasteiger partial charge in [-0.25, -0.2) is 4.57 Å². The second-order valence-corrected chi connectivity index (χ2v) is 12.0. The number of hydrogen-bond donors (Lipinski definition) is 2. The van der Waals surface area contributed by atoms with E-state index in [0.717, 1.165) is 32.1 Å². The molecular weight excluding hydrogens is 544 g/mol. The molecule has 0 spiro atoms. The maximum Gasteiger partial charge on any atom is 0.472 e. The van der Waals surface area contributed by atoms with Crippen LogP contribution < -0.4 is 5.32 Å². The Morgan fingerprint density at radius 1 is 0.707 bits per heavy atom. The predicted molar refractivity (Wildman–Crippen MR) is 167 cm³/mol. The topological polar surface area (TPSA) is 105 Å². The maximum absolute atomic E-state index is 12.1. The molecule has 0 amide bonds. The number of hydrogen-bond acceptors (Lipinski definition) is 8. The fourth-order valence-electron chi connectivity index (χ4n) is 4.41. The number of rotatable bonds is 34. The summed E-state index contributed by atoms with van der Waals surface area (Å²) in [6, 6.07) is 0. The van der Waals surface area contributed by atoms with Gasteiger partial charge in [0.15, 0.2) is 6.29 Å². The highest BCUT2D eigenvalue weighted by atomic mass is 31.2. The first-order chi connectivity index (χ1) is 20.0. The van der Waals surface area contributed by atoms with E-state index in [1.165, 1.54) is 77.0 Å². The third-order valence-electron chi connectivity index (χ3n) is 6.80. The summed E-state index contributed by atoms with van der Waals surface area (Å²) in [7, 11) is 3.05. The average molecular weight is 608 g/mol. The second kappa shape index (κ2) is 31.4. The Morgan fingerprint density at radius 3 is 1.85 bits per heavy atom. The van der Waals surface area contributed by atoms with E-state index in [4.69, 9.17) is 35.8 Å². The van der Waals surface area contributed by atoms with Gasteiger partial charge in [0.1, 0.15) is 14.0 Å². The standard InChI is InChI=1S/C30H63BNO8P/c1-4-6-7-8-9-10-11-12-13-14-15-16-17-19-23-35-26-29(27-40-41(33,34)39-25-22-32-3)37-24-20-18-21-30(36-5-2)38-28-31/h29-30,32H,4-28H2,1-3H3,(H,33,34). The molecule has 0 fully saturated rings. The molecule has 3 atom stereocenters. The van der Waals surface area contributed by atoms with Crippen LogP contribution in [0.1, 0.15) is 123 Å². The van der Waals surface area contributed by atoms with Crippen LogP contribution in [-0.2, 0) is 32.6 Å². The summed E-state index contributed by atoms with van der Waals surface area (Å²) in [5, 5.41) is 2.86. The summed E-state index contributed by atoms with van der Waals surface area (Å²) in [6.07, 6.45) is 20.0. The van der Waals surface area contributed by atoms with E-state index in [1.807, 2.05) is 6.92 Å².